The Morgan fingerprint density at radius 2 is 2.00 bits per heavy atom. The first-order valence-corrected chi connectivity index (χ1v) is 10.5. The van der Waals surface area contributed by atoms with E-state index in [1.54, 1.807) is 16.9 Å². The van der Waals surface area contributed by atoms with Crippen LogP contribution in [0.25, 0.3) is 16.2 Å². The van der Waals surface area contributed by atoms with Crippen LogP contribution in [0.2, 0.25) is 0 Å². The van der Waals surface area contributed by atoms with Crippen LogP contribution in [0.4, 0.5) is 5.13 Å². The number of nitrogens with two attached hydrogens (primary N) is 1. The van der Waals surface area contributed by atoms with Crippen molar-refractivity contribution in [2.24, 2.45) is 5.73 Å². The van der Waals surface area contributed by atoms with Gasteiger partial charge in [0.1, 0.15) is 6.04 Å². The van der Waals surface area contributed by atoms with Crippen LogP contribution in [0, 0.1) is 0 Å². The van der Waals surface area contributed by atoms with E-state index < -0.39 is 11.9 Å². The van der Waals surface area contributed by atoms with Gasteiger partial charge in [-0.15, -0.1) is 5.10 Å². The Morgan fingerprint density at radius 1 is 1.16 bits per heavy atom. The largest absolute Gasteiger partial charge is 0.370 e. The molecule has 0 radical (unpaired) electrons. The molecule has 4 N–H and O–H groups in total. The van der Waals surface area contributed by atoms with Gasteiger partial charge in [-0.3, -0.25) is 14.6 Å². The summed E-state index contributed by atoms with van der Waals surface area (Å²) in [7, 11) is 0. The Balaban J connectivity index is 1.51. The molecule has 0 spiro atoms. The Kier molecular flexibility index (Phi) is 6.18. The van der Waals surface area contributed by atoms with E-state index >= 15 is 0 Å². The van der Waals surface area contributed by atoms with Gasteiger partial charge in [-0.05, 0) is 17.7 Å². The van der Waals surface area contributed by atoms with Crippen molar-refractivity contribution in [1.82, 2.24) is 24.9 Å². The number of hydrogen-bond acceptors (Lipinski definition) is 7. The lowest BCUT2D eigenvalue weighted by Crippen LogP contribution is -2.42. The van der Waals surface area contributed by atoms with Crippen molar-refractivity contribution in [2.45, 2.75) is 18.9 Å². The van der Waals surface area contributed by atoms with E-state index in [0.717, 1.165) is 16.8 Å². The van der Waals surface area contributed by atoms with E-state index in [2.05, 4.69) is 25.7 Å². The summed E-state index contributed by atoms with van der Waals surface area (Å²) >= 11 is 1.35. The number of pyridine rings is 1. The number of carbonyl (C=O) groups excluding carboxylic acids is 2. The molecule has 158 valence electrons. The Hall–Kier alpha value is -3.79. The monoisotopic (exact) mass is 435 g/mol. The van der Waals surface area contributed by atoms with Gasteiger partial charge in [0.15, 0.2) is 0 Å². The minimum Gasteiger partial charge on any atom is -0.370 e. The van der Waals surface area contributed by atoms with Gasteiger partial charge in [0, 0.05) is 37.3 Å². The maximum absolute atomic E-state index is 12.7. The zero-order valence-corrected chi connectivity index (χ0v) is 17.4. The fourth-order valence-electron chi connectivity index (χ4n) is 3.05. The number of carbonyl (C=O) groups is 2. The highest BCUT2D eigenvalue weighted by Crippen LogP contribution is 2.24. The third-order valence-electron chi connectivity index (χ3n) is 4.57. The fourth-order valence-corrected chi connectivity index (χ4v) is 3.89. The quantitative estimate of drug-likeness (QED) is 0.368. The van der Waals surface area contributed by atoms with Crippen molar-refractivity contribution in [3.8, 4) is 11.3 Å². The summed E-state index contributed by atoms with van der Waals surface area (Å²) in [6, 6.07) is 12.9. The van der Waals surface area contributed by atoms with Gasteiger partial charge < -0.3 is 16.4 Å². The topological polar surface area (TPSA) is 127 Å². The summed E-state index contributed by atoms with van der Waals surface area (Å²) in [6.07, 6.45) is 5.84. The summed E-state index contributed by atoms with van der Waals surface area (Å²) in [6.45, 7) is 0.191. The van der Waals surface area contributed by atoms with Crippen LogP contribution in [-0.4, -0.2) is 44.0 Å². The number of rotatable bonds is 9. The average molecular weight is 436 g/mol. The summed E-state index contributed by atoms with van der Waals surface area (Å²) in [5, 5.41) is 11.1. The van der Waals surface area contributed by atoms with Crippen LogP contribution in [-0.2, 0) is 16.0 Å². The molecule has 1 unspecified atom stereocenters. The second-order valence-corrected chi connectivity index (χ2v) is 7.85. The van der Waals surface area contributed by atoms with Crippen molar-refractivity contribution in [3.63, 3.8) is 0 Å². The molecule has 0 saturated carbocycles. The average Bonchev–Trinajstić information content (AvgIpc) is 3.33. The van der Waals surface area contributed by atoms with Crippen LogP contribution in [0.1, 0.15) is 12.0 Å². The van der Waals surface area contributed by atoms with Crippen molar-refractivity contribution in [1.29, 1.82) is 0 Å². The zero-order chi connectivity index (χ0) is 21.6. The lowest BCUT2D eigenvalue weighted by molar-refractivity contribution is -0.122. The number of benzene rings is 1. The molecule has 4 aromatic rings. The van der Waals surface area contributed by atoms with E-state index in [1.807, 2.05) is 48.7 Å². The minimum absolute atomic E-state index is 0.0893. The Morgan fingerprint density at radius 3 is 2.71 bits per heavy atom. The molecule has 9 nitrogen and oxygen atoms in total. The van der Waals surface area contributed by atoms with Gasteiger partial charge >= 0.3 is 0 Å². The summed E-state index contributed by atoms with van der Waals surface area (Å²) < 4.78 is 1.68. The number of hydrogen-bond donors (Lipinski definition) is 3. The number of aromatic nitrogens is 4. The standard InChI is InChI=1S/C21H21N7O2S/c22-18(29)8-10-24-19(30)16(11-14-5-2-1-3-6-14)25-20-27-28-13-17(26-21(28)31-20)15-7-4-9-23-12-15/h1-7,9,12-13,16H,8,10-11H2,(H2,22,29)(H,24,30)(H,25,27). The van der Waals surface area contributed by atoms with Gasteiger partial charge in [-0.1, -0.05) is 41.7 Å². The van der Waals surface area contributed by atoms with Gasteiger partial charge in [-0.25, -0.2) is 9.50 Å². The number of imidazole rings is 1. The van der Waals surface area contributed by atoms with Crippen LogP contribution >= 0.6 is 11.3 Å². The van der Waals surface area contributed by atoms with E-state index in [-0.39, 0.29) is 18.9 Å². The molecule has 0 aliphatic rings. The van der Waals surface area contributed by atoms with Gasteiger partial charge in [0.2, 0.25) is 21.9 Å². The normalized spacial score (nSPS) is 11.9. The molecule has 0 aliphatic carbocycles. The number of nitrogens with zero attached hydrogens (tertiary/aromatic N) is 4. The molecule has 2 amide bonds. The molecule has 0 aliphatic heterocycles. The number of primary amides is 1. The molecule has 31 heavy (non-hydrogen) atoms. The maximum Gasteiger partial charge on any atom is 0.242 e. The number of nitrogens with one attached hydrogen (secondary N) is 2. The van der Waals surface area contributed by atoms with E-state index in [4.69, 9.17) is 5.73 Å². The van der Waals surface area contributed by atoms with Gasteiger partial charge in [-0.2, -0.15) is 0 Å². The van der Waals surface area contributed by atoms with E-state index in [0.29, 0.717) is 16.5 Å². The molecule has 1 atom stereocenters. The number of amides is 2. The SMILES string of the molecule is NC(=O)CCNC(=O)C(Cc1ccccc1)Nc1nn2cc(-c3cccnc3)nc2s1. The Labute approximate surface area is 182 Å². The molecule has 0 saturated heterocycles. The Bertz CT molecular complexity index is 1140. The van der Waals surface area contributed by atoms with Crippen molar-refractivity contribution >= 4 is 33.2 Å². The van der Waals surface area contributed by atoms with E-state index in [9.17, 15) is 9.59 Å². The highest BCUT2D eigenvalue weighted by Gasteiger charge is 2.21. The summed E-state index contributed by atoms with van der Waals surface area (Å²) in [5.41, 5.74) is 7.85. The predicted molar refractivity (Wildman–Crippen MR) is 118 cm³/mol. The van der Waals surface area contributed by atoms with Gasteiger partial charge in [0.25, 0.3) is 0 Å². The first-order valence-electron chi connectivity index (χ1n) is 9.71. The predicted octanol–water partition coefficient (Wildman–Crippen LogP) is 1.87. The van der Waals surface area contributed by atoms with Crippen molar-refractivity contribution in [2.75, 3.05) is 11.9 Å². The van der Waals surface area contributed by atoms with Crippen LogP contribution in [0.15, 0.2) is 61.1 Å². The maximum atomic E-state index is 12.7. The van der Waals surface area contributed by atoms with Crippen LogP contribution < -0.4 is 16.4 Å². The molecule has 0 fully saturated rings. The van der Waals surface area contributed by atoms with Crippen molar-refractivity contribution in [3.05, 3.63) is 66.6 Å². The lowest BCUT2D eigenvalue weighted by Gasteiger charge is -2.17. The molecular formula is C21H21N7O2S. The van der Waals surface area contributed by atoms with Crippen LogP contribution in [0.5, 0.6) is 0 Å². The third-order valence-corrected chi connectivity index (χ3v) is 5.42. The second kappa shape index (κ2) is 9.35. The summed E-state index contributed by atoms with van der Waals surface area (Å²) in [4.78, 5) is 33.1. The smallest absolute Gasteiger partial charge is 0.242 e. The van der Waals surface area contributed by atoms with Crippen LogP contribution in [0.3, 0.4) is 0 Å². The first-order chi connectivity index (χ1) is 15.1. The molecular weight excluding hydrogens is 414 g/mol. The molecule has 3 aromatic heterocycles. The number of anilines is 1. The molecule has 0 bridgehead atoms. The third kappa shape index (κ3) is 5.23. The number of fused-ring (bicyclic) bond motifs is 1. The molecule has 4 rings (SSSR count). The zero-order valence-electron chi connectivity index (χ0n) is 16.6. The fraction of sp³-hybridized carbons (Fsp3) is 0.190. The van der Waals surface area contributed by atoms with Crippen molar-refractivity contribution < 1.29 is 9.59 Å². The highest BCUT2D eigenvalue weighted by molar-refractivity contribution is 7.20. The molecule has 10 heteroatoms. The highest BCUT2D eigenvalue weighted by atomic mass is 32.1. The molecule has 3 heterocycles. The van der Waals surface area contributed by atoms with E-state index in [1.165, 1.54) is 11.3 Å². The molecule has 1 aromatic carbocycles. The second-order valence-electron chi connectivity index (χ2n) is 6.90. The minimum atomic E-state index is -0.566. The lowest BCUT2D eigenvalue weighted by atomic mass is 10.1. The van der Waals surface area contributed by atoms with Gasteiger partial charge in [0.05, 0.1) is 11.9 Å². The summed E-state index contributed by atoms with van der Waals surface area (Å²) in [5.74, 6) is -0.688. The first kappa shape index (κ1) is 20.5.